The molecule has 4 unspecified atom stereocenters. The predicted octanol–water partition coefficient (Wildman–Crippen LogP) is 3.16. The Labute approximate surface area is 107 Å². The minimum atomic E-state index is 0.0948. The predicted molar refractivity (Wildman–Crippen MR) is 74.0 cm³/mol. The number of hydrogen-bond donors (Lipinski definition) is 1. The van der Waals surface area contributed by atoms with Crippen molar-refractivity contribution in [2.45, 2.75) is 83.3 Å². The van der Waals surface area contributed by atoms with E-state index in [2.05, 4.69) is 25.7 Å². The Balaban J connectivity index is 1.98. The third kappa shape index (κ3) is 3.23. The number of likely N-dealkylation sites (tertiary alicyclic amines) is 1. The molecule has 1 saturated heterocycles. The molecule has 2 rings (SSSR count). The maximum absolute atomic E-state index is 6.66. The van der Waals surface area contributed by atoms with Crippen LogP contribution >= 0.6 is 0 Å². The minimum Gasteiger partial charge on any atom is -0.324 e. The smallest absolute Gasteiger partial charge is 0.0286 e. The Morgan fingerprint density at radius 1 is 1.06 bits per heavy atom. The summed E-state index contributed by atoms with van der Waals surface area (Å²) in [6.45, 7) is 8.25. The lowest BCUT2D eigenvalue weighted by Gasteiger charge is -2.46. The first-order valence-electron chi connectivity index (χ1n) is 7.55. The second-order valence-corrected chi connectivity index (χ2v) is 6.87. The second-order valence-electron chi connectivity index (χ2n) is 6.87. The molecule has 1 saturated carbocycles. The summed E-state index contributed by atoms with van der Waals surface area (Å²) in [6, 6.07) is 1.47. The molecular weight excluding hydrogens is 208 g/mol. The molecule has 0 amide bonds. The monoisotopic (exact) mass is 238 g/mol. The highest BCUT2D eigenvalue weighted by Crippen LogP contribution is 2.33. The van der Waals surface area contributed by atoms with Gasteiger partial charge in [-0.2, -0.15) is 0 Å². The highest BCUT2D eigenvalue weighted by Gasteiger charge is 2.36. The van der Waals surface area contributed by atoms with Gasteiger partial charge in [0.15, 0.2) is 0 Å². The fraction of sp³-hybridized carbons (Fsp3) is 1.00. The second kappa shape index (κ2) is 5.27. The standard InChI is InChI=1S/C15H30N2/c1-12-6-5-9-15(16,10-12)11-17-13(2)7-4-8-14(17)3/h12-14H,4-11,16H2,1-3H3. The lowest BCUT2D eigenvalue weighted by Crippen LogP contribution is -2.57. The van der Waals surface area contributed by atoms with Crippen molar-refractivity contribution in [3.8, 4) is 0 Å². The summed E-state index contributed by atoms with van der Waals surface area (Å²) in [7, 11) is 0. The van der Waals surface area contributed by atoms with E-state index in [4.69, 9.17) is 5.73 Å². The van der Waals surface area contributed by atoms with Gasteiger partial charge < -0.3 is 5.73 Å². The Morgan fingerprint density at radius 3 is 2.29 bits per heavy atom. The molecule has 2 fully saturated rings. The van der Waals surface area contributed by atoms with Gasteiger partial charge in [-0.15, -0.1) is 0 Å². The van der Waals surface area contributed by atoms with Crippen LogP contribution in [0, 0.1) is 5.92 Å². The lowest BCUT2D eigenvalue weighted by atomic mass is 9.76. The van der Waals surface area contributed by atoms with E-state index in [0.29, 0.717) is 0 Å². The Hall–Kier alpha value is -0.0800. The van der Waals surface area contributed by atoms with Gasteiger partial charge in [0.2, 0.25) is 0 Å². The average molecular weight is 238 g/mol. The molecule has 4 atom stereocenters. The molecule has 0 radical (unpaired) electrons. The van der Waals surface area contributed by atoms with Crippen LogP contribution < -0.4 is 5.73 Å². The van der Waals surface area contributed by atoms with Gasteiger partial charge in [-0.3, -0.25) is 4.90 Å². The average Bonchev–Trinajstić information content (AvgIpc) is 2.23. The van der Waals surface area contributed by atoms with E-state index in [9.17, 15) is 0 Å². The van der Waals surface area contributed by atoms with Crippen molar-refractivity contribution in [1.29, 1.82) is 0 Å². The summed E-state index contributed by atoms with van der Waals surface area (Å²) >= 11 is 0. The molecular formula is C15H30N2. The van der Waals surface area contributed by atoms with Crippen LogP contribution in [-0.4, -0.2) is 29.1 Å². The van der Waals surface area contributed by atoms with Gasteiger partial charge in [-0.05, 0) is 45.4 Å². The number of nitrogens with zero attached hydrogens (tertiary/aromatic N) is 1. The molecule has 2 aliphatic rings. The third-order valence-corrected chi connectivity index (χ3v) is 5.00. The van der Waals surface area contributed by atoms with E-state index < -0.39 is 0 Å². The molecule has 17 heavy (non-hydrogen) atoms. The van der Waals surface area contributed by atoms with Crippen molar-refractivity contribution in [2.75, 3.05) is 6.54 Å². The molecule has 1 aliphatic carbocycles. The van der Waals surface area contributed by atoms with Crippen LogP contribution in [0.3, 0.4) is 0 Å². The van der Waals surface area contributed by atoms with E-state index in [1.165, 1.54) is 44.9 Å². The van der Waals surface area contributed by atoms with Gasteiger partial charge in [0.1, 0.15) is 0 Å². The highest BCUT2D eigenvalue weighted by molar-refractivity contribution is 4.95. The Morgan fingerprint density at radius 2 is 1.71 bits per heavy atom. The van der Waals surface area contributed by atoms with Crippen LogP contribution in [0.25, 0.3) is 0 Å². The molecule has 0 spiro atoms. The van der Waals surface area contributed by atoms with Crippen LogP contribution in [0.5, 0.6) is 0 Å². The summed E-state index contributed by atoms with van der Waals surface area (Å²) in [5.74, 6) is 0.823. The Kier molecular flexibility index (Phi) is 4.14. The zero-order valence-electron chi connectivity index (χ0n) is 11.9. The molecule has 2 nitrogen and oxygen atoms in total. The molecule has 0 aromatic carbocycles. The van der Waals surface area contributed by atoms with Gasteiger partial charge in [0.25, 0.3) is 0 Å². The lowest BCUT2D eigenvalue weighted by molar-refractivity contribution is 0.0575. The van der Waals surface area contributed by atoms with Crippen LogP contribution in [-0.2, 0) is 0 Å². The maximum Gasteiger partial charge on any atom is 0.0286 e. The van der Waals surface area contributed by atoms with Crippen molar-refractivity contribution in [3.05, 3.63) is 0 Å². The molecule has 1 aliphatic heterocycles. The normalized spacial score (nSPS) is 44.8. The first-order chi connectivity index (χ1) is 8.00. The van der Waals surface area contributed by atoms with Crippen LogP contribution in [0.4, 0.5) is 0 Å². The fourth-order valence-electron chi connectivity index (χ4n) is 3.99. The van der Waals surface area contributed by atoms with Gasteiger partial charge in [0.05, 0.1) is 0 Å². The van der Waals surface area contributed by atoms with E-state index in [1.807, 2.05) is 0 Å². The van der Waals surface area contributed by atoms with Gasteiger partial charge in [-0.25, -0.2) is 0 Å². The minimum absolute atomic E-state index is 0.0948. The van der Waals surface area contributed by atoms with Crippen molar-refractivity contribution in [2.24, 2.45) is 11.7 Å². The third-order valence-electron chi connectivity index (χ3n) is 5.00. The van der Waals surface area contributed by atoms with E-state index in [-0.39, 0.29) is 5.54 Å². The quantitative estimate of drug-likeness (QED) is 0.800. The zero-order chi connectivity index (χ0) is 12.5. The number of hydrogen-bond acceptors (Lipinski definition) is 2. The largest absolute Gasteiger partial charge is 0.324 e. The van der Waals surface area contributed by atoms with E-state index >= 15 is 0 Å². The van der Waals surface area contributed by atoms with Crippen LogP contribution in [0.1, 0.15) is 65.7 Å². The molecule has 0 bridgehead atoms. The molecule has 0 aromatic heterocycles. The van der Waals surface area contributed by atoms with Gasteiger partial charge in [0, 0.05) is 24.2 Å². The summed E-state index contributed by atoms with van der Waals surface area (Å²) in [5.41, 5.74) is 6.76. The summed E-state index contributed by atoms with van der Waals surface area (Å²) in [4.78, 5) is 2.68. The summed E-state index contributed by atoms with van der Waals surface area (Å²) in [6.07, 6.45) is 9.27. The molecule has 2 heteroatoms. The van der Waals surface area contributed by atoms with Gasteiger partial charge in [-0.1, -0.05) is 26.2 Å². The van der Waals surface area contributed by atoms with Crippen molar-refractivity contribution in [3.63, 3.8) is 0 Å². The first-order valence-corrected chi connectivity index (χ1v) is 7.55. The summed E-state index contributed by atoms with van der Waals surface area (Å²) < 4.78 is 0. The molecule has 2 N–H and O–H groups in total. The molecule has 0 aromatic rings. The SMILES string of the molecule is CC1CCCC(N)(CN2C(C)CCCC2C)C1. The summed E-state index contributed by atoms with van der Waals surface area (Å²) in [5, 5.41) is 0. The highest BCUT2D eigenvalue weighted by atomic mass is 15.2. The van der Waals surface area contributed by atoms with Crippen molar-refractivity contribution < 1.29 is 0 Å². The molecule has 1 heterocycles. The van der Waals surface area contributed by atoms with E-state index in [1.54, 1.807) is 0 Å². The van der Waals surface area contributed by atoms with Crippen LogP contribution in [0.2, 0.25) is 0 Å². The van der Waals surface area contributed by atoms with Gasteiger partial charge >= 0.3 is 0 Å². The molecule has 100 valence electrons. The fourth-order valence-corrected chi connectivity index (χ4v) is 3.99. The first kappa shape index (κ1) is 13.4. The zero-order valence-corrected chi connectivity index (χ0v) is 11.9. The van der Waals surface area contributed by atoms with Crippen LogP contribution in [0.15, 0.2) is 0 Å². The number of nitrogens with two attached hydrogens (primary N) is 1. The van der Waals surface area contributed by atoms with Crippen molar-refractivity contribution >= 4 is 0 Å². The van der Waals surface area contributed by atoms with Crippen molar-refractivity contribution in [1.82, 2.24) is 4.90 Å². The number of rotatable bonds is 2. The number of piperidine rings is 1. The van der Waals surface area contributed by atoms with E-state index in [0.717, 1.165) is 24.5 Å². The Bertz CT molecular complexity index is 243. The topological polar surface area (TPSA) is 29.3 Å². The maximum atomic E-state index is 6.66.